The van der Waals surface area contributed by atoms with E-state index in [0.717, 1.165) is 0 Å². The number of methoxy groups -OCH3 is 2. The summed E-state index contributed by atoms with van der Waals surface area (Å²) in [7, 11) is 3.00. The molecule has 2 aromatic carbocycles. The summed E-state index contributed by atoms with van der Waals surface area (Å²) < 4.78 is 36.8. The maximum absolute atomic E-state index is 13.3. The molecule has 0 atom stereocenters. The van der Waals surface area contributed by atoms with Gasteiger partial charge >= 0.3 is 0 Å². The second kappa shape index (κ2) is 16.9. The van der Waals surface area contributed by atoms with Crippen molar-refractivity contribution in [3.63, 3.8) is 0 Å². The van der Waals surface area contributed by atoms with Crippen molar-refractivity contribution in [2.45, 2.75) is 0 Å². The van der Waals surface area contributed by atoms with Gasteiger partial charge in [-0.25, -0.2) is 28.7 Å². The number of amides is 1. The van der Waals surface area contributed by atoms with Gasteiger partial charge in [-0.15, -0.1) is 23.2 Å². The lowest BCUT2D eigenvalue weighted by Gasteiger charge is -2.09. The van der Waals surface area contributed by atoms with Gasteiger partial charge in [0.15, 0.2) is 0 Å². The average molecular weight is 628 g/mol. The third kappa shape index (κ3) is 10.7. The van der Waals surface area contributed by atoms with Crippen LogP contribution in [0.3, 0.4) is 0 Å². The summed E-state index contributed by atoms with van der Waals surface area (Å²) in [6.45, 7) is 0. The first-order valence-corrected chi connectivity index (χ1v) is 12.7. The van der Waals surface area contributed by atoms with Gasteiger partial charge < -0.3 is 20.5 Å². The van der Waals surface area contributed by atoms with E-state index in [4.69, 9.17) is 50.0 Å². The van der Waals surface area contributed by atoms with Gasteiger partial charge in [0.25, 0.3) is 0 Å². The predicted octanol–water partition coefficient (Wildman–Crippen LogP) is 5.33. The van der Waals surface area contributed by atoms with E-state index in [2.05, 4.69) is 25.3 Å². The zero-order chi connectivity index (χ0) is 30.4. The molecule has 0 aliphatic heterocycles. The largest absolute Gasteiger partial charge is 0.496 e. The first kappa shape index (κ1) is 33.1. The minimum absolute atomic E-state index is 0.0957. The topological polar surface area (TPSA) is 142 Å². The number of anilines is 2. The van der Waals surface area contributed by atoms with Crippen LogP contribution in [0.5, 0.6) is 11.5 Å². The minimum atomic E-state index is -0.508. The summed E-state index contributed by atoms with van der Waals surface area (Å²) in [5.41, 5.74) is 7.52. The molecule has 41 heavy (non-hydrogen) atoms. The number of ether oxygens (including phenoxy) is 2. The molecule has 216 valence electrons. The van der Waals surface area contributed by atoms with Gasteiger partial charge in [0.05, 0.1) is 31.5 Å². The normalized spacial score (nSPS) is 9.83. The first-order chi connectivity index (χ1) is 19.6. The molecular formula is C26H23Cl3F2N6O4. The number of nitrogen functional groups attached to an aromatic ring is 1. The van der Waals surface area contributed by atoms with Gasteiger partial charge in [-0.3, -0.25) is 9.59 Å². The molecule has 4 aromatic rings. The van der Waals surface area contributed by atoms with Gasteiger partial charge in [-0.05, 0) is 48.0 Å². The van der Waals surface area contributed by atoms with Gasteiger partial charge in [-0.2, -0.15) is 0 Å². The summed E-state index contributed by atoms with van der Waals surface area (Å²) >= 11 is 14.9. The number of nitrogens with two attached hydrogens (primary N) is 1. The quantitative estimate of drug-likeness (QED) is 0.205. The lowest BCUT2D eigenvalue weighted by molar-refractivity contribution is -0.114. The van der Waals surface area contributed by atoms with E-state index >= 15 is 0 Å². The Hall–Kier alpha value is -4.13. The number of halogens is 5. The predicted molar refractivity (Wildman–Crippen MR) is 153 cm³/mol. The standard InChI is InChI=1S/C13H11ClFN3O2.C11H10FN3O.C2H2Cl2O/c1-20-11-3-2-8(15)4-9(11)10-5-12(17-7-16-10)18-13(19)6-14;1-16-10-3-2-7(12)4-8(10)9-5-11(13)15-6-14-9;3-1-2(4)5/h2-5,7H,6H2,1H3,(H,16,17,18,19);2-6H,1H3,(H2,13,14,15);1H2. The fourth-order valence-electron chi connectivity index (χ4n) is 3.03. The molecule has 0 aliphatic carbocycles. The Balaban J connectivity index is 0.000000251. The van der Waals surface area contributed by atoms with Crippen molar-refractivity contribution in [2.75, 3.05) is 37.0 Å². The lowest BCUT2D eigenvalue weighted by atomic mass is 10.1. The third-order valence-corrected chi connectivity index (χ3v) is 5.48. The Morgan fingerprint density at radius 1 is 0.805 bits per heavy atom. The van der Waals surface area contributed by atoms with Crippen LogP contribution in [0.15, 0.2) is 61.2 Å². The van der Waals surface area contributed by atoms with Crippen molar-refractivity contribution in [1.82, 2.24) is 19.9 Å². The molecule has 10 nitrogen and oxygen atoms in total. The minimum Gasteiger partial charge on any atom is -0.496 e. The molecule has 15 heteroatoms. The molecule has 2 heterocycles. The zero-order valence-electron chi connectivity index (χ0n) is 21.6. The number of carbonyl (C=O) groups excluding carboxylic acids is 2. The van der Waals surface area contributed by atoms with Crippen LogP contribution in [0.1, 0.15) is 0 Å². The average Bonchev–Trinajstić information content (AvgIpc) is 2.97. The first-order valence-electron chi connectivity index (χ1n) is 11.3. The summed E-state index contributed by atoms with van der Waals surface area (Å²) in [6.07, 6.45) is 2.60. The molecule has 0 saturated heterocycles. The Labute approximate surface area is 248 Å². The molecule has 0 saturated carbocycles. The van der Waals surface area contributed by atoms with Gasteiger partial charge in [0, 0.05) is 23.3 Å². The van der Waals surface area contributed by atoms with E-state index in [1.807, 2.05) is 0 Å². The van der Waals surface area contributed by atoms with Crippen LogP contribution in [-0.2, 0) is 9.59 Å². The lowest BCUT2D eigenvalue weighted by Crippen LogP contribution is -2.13. The van der Waals surface area contributed by atoms with Crippen LogP contribution in [-0.4, -0.2) is 57.1 Å². The third-order valence-electron chi connectivity index (χ3n) is 4.72. The van der Waals surface area contributed by atoms with E-state index < -0.39 is 11.1 Å². The fourth-order valence-corrected chi connectivity index (χ4v) is 3.10. The number of nitrogens with zero attached hydrogens (tertiary/aromatic N) is 4. The highest BCUT2D eigenvalue weighted by atomic mass is 35.5. The number of alkyl halides is 2. The smallest absolute Gasteiger partial charge is 0.240 e. The second-order valence-electron chi connectivity index (χ2n) is 7.48. The number of rotatable bonds is 7. The van der Waals surface area contributed by atoms with E-state index in [-0.39, 0.29) is 29.3 Å². The van der Waals surface area contributed by atoms with E-state index in [9.17, 15) is 18.4 Å². The Bertz CT molecular complexity index is 1480. The SMILES string of the molecule is COc1ccc(F)cc1-c1cc(N)ncn1.COc1ccc(F)cc1-c1cc(NC(=O)CCl)ncn1.O=C(Cl)CCl. The van der Waals surface area contributed by atoms with Crippen molar-refractivity contribution in [3.05, 3.63) is 72.8 Å². The van der Waals surface area contributed by atoms with Crippen LogP contribution in [0, 0.1) is 11.6 Å². The number of hydrogen-bond acceptors (Lipinski definition) is 9. The van der Waals surface area contributed by atoms with Gasteiger partial charge in [0.1, 0.15) is 53.3 Å². The number of benzene rings is 2. The summed E-state index contributed by atoms with van der Waals surface area (Å²) in [4.78, 5) is 36.4. The number of aromatic nitrogens is 4. The summed E-state index contributed by atoms with van der Waals surface area (Å²) in [5.74, 6) is 0.202. The molecule has 4 rings (SSSR count). The molecule has 0 unspecified atom stereocenters. The van der Waals surface area contributed by atoms with Crippen molar-refractivity contribution in [1.29, 1.82) is 0 Å². The Morgan fingerprint density at radius 2 is 1.29 bits per heavy atom. The second-order valence-corrected chi connectivity index (χ2v) is 8.43. The van der Waals surface area contributed by atoms with E-state index in [1.165, 1.54) is 63.3 Å². The van der Waals surface area contributed by atoms with E-state index in [0.29, 0.717) is 39.8 Å². The Kier molecular flexibility index (Phi) is 13.6. The fraction of sp³-hybridized carbons (Fsp3) is 0.154. The molecule has 0 spiro atoms. The van der Waals surface area contributed by atoms with Crippen molar-refractivity contribution in [2.24, 2.45) is 0 Å². The molecule has 0 aliphatic rings. The molecular weight excluding hydrogens is 605 g/mol. The molecule has 0 bridgehead atoms. The maximum atomic E-state index is 13.3. The molecule has 3 N–H and O–H groups in total. The van der Waals surface area contributed by atoms with Crippen LogP contribution in [0.25, 0.3) is 22.5 Å². The van der Waals surface area contributed by atoms with Crippen molar-refractivity contribution < 1.29 is 27.8 Å². The molecule has 1 amide bonds. The number of nitrogens with one attached hydrogen (secondary N) is 1. The number of carbonyl (C=O) groups is 2. The van der Waals surface area contributed by atoms with Crippen molar-refractivity contribution >= 4 is 57.6 Å². The number of hydrogen-bond donors (Lipinski definition) is 2. The molecule has 0 radical (unpaired) electrons. The molecule has 2 aromatic heterocycles. The van der Waals surface area contributed by atoms with Crippen LogP contribution < -0.4 is 20.5 Å². The monoisotopic (exact) mass is 626 g/mol. The van der Waals surface area contributed by atoms with Gasteiger partial charge in [-0.1, -0.05) is 0 Å². The maximum Gasteiger partial charge on any atom is 0.240 e. The van der Waals surface area contributed by atoms with Crippen LogP contribution in [0.2, 0.25) is 0 Å². The molecule has 0 fully saturated rings. The summed E-state index contributed by atoms with van der Waals surface area (Å²) in [5, 5.41) is 1.99. The highest BCUT2D eigenvalue weighted by Gasteiger charge is 2.11. The zero-order valence-corrected chi connectivity index (χ0v) is 23.8. The van der Waals surface area contributed by atoms with Crippen LogP contribution >= 0.6 is 34.8 Å². The summed E-state index contributed by atoms with van der Waals surface area (Å²) in [6, 6.07) is 11.4. The van der Waals surface area contributed by atoms with E-state index in [1.54, 1.807) is 12.1 Å². The van der Waals surface area contributed by atoms with Gasteiger partial charge in [0.2, 0.25) is 11.1 Å². The Morgan fingerprint density at radius 3 is 1.73 bits per heavy atom. The highest BCUT2D eigenvalue weighted by molar-refractivity contribution is 6.67. The van der Waals surface area contributed by atoms with Crippen molar-refractivity contribution in [3.8, 4) is 34.0 Å². The highest BCUT2D eigenvalue weighted by Crippen LogP contribution is 2.30. The van der Waals surface area contributed by atoms with Crippen LogP contribution in [0.4, 0.5) is 20.4 Å².